The first-order valence-electron chi connectivity index (χ1n) is 9.79. The Hall–Kier alpha value is -2.47. The van der Waals surface area contributed by atoms with E-state index in [2.05, 4.69) is 20.9 Å². The first kappa shape index (κ1) is 21.8. The Kier molecular flexibility index (Phi) is 6.28. The minimum Gasteiger partial charge on any atom is -0.311 e. The number of anilines is 1. The highest BCUT2D eigenvalue weighted by atomic mass is 32.2. The number of aryl methyl sites for hydroxylation is 1. The van der Waals surface area contributed by atoms with Crippen molar-refractivity contribution in [1.29, 1.82) is 0 Å². The highest BCUT2D eigenvalue weighted by molar-refractivity contribution is 8.00. The van der Waals surface area contributed by atoms with Gasteiger partial charge in [-0.05, 0) is 12.5 Å². The van der Waals surface area contributed by atoms with E-state index in [0.717, 1.165) is 16.0 Å². The number of nitrogens with one attached hydrogen (secondary N) is 3. The maximum Gasteiger partial charge on any atom is 0.327 e. The number of benzene rings is 1. The number of aromatic nitrogens is 1. The lowest BCUT2D eigenvalue weighted by molar-refractivity contribution is -0.140. The molecular formula is C20H24N6O3S2. The van der Waals surface area contributed by atoms with Gasteiger partial charge in [0.1, 0.15) is 0 Å². The SMILES string of the molecule is Cc1ccc(C2NC(SCC(=O)Nc3nccs3)C3C(=O)N(C)C(=O)N(C)C3N2)cc1. The Morgan fingerprint density at radius 2 is 1.97 bits per heavy atom. The molecule has 0 saturated carbocycles. The van der Waals surface area contributed by atoms with Crippen LogP contribution < -0.4 is 16.0 Å². The van der Waals surface area contributed by atoms with Crippen molar-refractivity contribution in [1.82, 2.24) is 25.4 Å². The van der Waals surface area contributed by atoms with E-state index in [4.69, 9.17) is 0 Å². The highest BCUT2D eigenvalue weighted by Gasteiger charge is 2.51. The molecule has 9 nitrogen and oxygen atoms in total. The fraction of sp³-hybridized carbons (Fsp3) is 0.400. The van der Waals surface area contributed by atoms with Crippen LogP contribution in [0.15, 0.2) is 35.8 Å². The second-order valence-electron chi connectivity index (χ2n) is 7.56. The number of thioether (sulfide) groups is 1. The lowest BCUT2D eigenvalue weighted by atomic mass is 9.96. The van der Waals surface area contributed by atoms with Gasteiger partial charge in [0.25, 0.3) is 0 Å². The average molecular weight is 461 g/mol. The van der Waals surface area contributed by atoms with E-state index >= 15 is 0 Å². The van der Waals surface area contributed by atoms with Gasteiger partial charge in [-0.3, -0.25) is 25.1 Å². The number of hydrogen-bond acceptors (Lipinski definition) is 8. The summed E-state index contributed by atoms with van der Waals surface area (Å²) in [7, 11) is 3.17. The molecular weight excluding hydrogens is 436 g/mol. The molecule has 0 bridgehead atoms. The number of nitrogens with zero attached hydrogens (tertiary/aromatic N) is 3. The highest BCUT2D eigenvalue weighted by Crippen LogP contribution is 2.34. The summed E-state index contributed by atoms with van der Waals surface area (Å²) in [6.45, 7) is 2.02. The quantitative estimate of drug-likeness (QED) is 0.625. The molecule has 1 aromatic heterocycles. The van der Waals surface area contributed by atoms with Crippen molar-refractivity contribution >= 4 is 46.1 Å². The first-order chi connectivity index (χ1) is 14.8. The molecule has 4 rings (SSSR count). The molecule has 2 aromatic rings. The summed E-state index contributed by atoms with van der Waals surface area (Å²) in [5.74, 6) is -0.847. The van der Waals surface area contributed by atoms with E-state index < -0.39 is 12.1 Å². The van der Waals surface area contributed by atoms with Crippen LogP contribution in [0.2, 0.25) is 0 Å². The molecule has 2 saturated heterocycles. The summed E-state index contributed by atoms with van der Waals surface area (Å²) in [5, 5.41) is 11.6. The number of amides is 4. The van der Waals surface area contributed by atoms with Crippen LogP contribution in [-0.4, -0.2) is 64.0 Å². The number of carbonyl (C=O) groups excluding carboxylic acids is 3. The third-order valence-electron chi connectivity index (χ3n) is 5.44. The van der Waals surface area contributed by atoms with Crippen LogP contribution in [0.25, 0.3) is 0 Å². The lowest BCUT2D eigenvalue weighted by Crippen LogP contribution is -2.72. The fourth-order valence-electron chi connectivity index (χ4n) is 3.76. The minimum absolute atomic E-state index is 0.149. The van der Waals surface area contributed by atoms with Gasteiger partial charge in [-0.2, -0.15) is 0 Å². The number of imide groups is 1. The molecule has 0 spiro atoms. The Morgan fingerprint density at radius 3 is 2.65 bits per heavy atom. The smallest absolute Gasteiger partial charge is 0.311 e. The summed E-state index contributed by atoms with van der Waals surface area (Å²) in [6, 6.07) is 7.70. The maximum absolute atomic E-state index is 13.0. The number of urea groups is 1. The topological polar surface area (TPSA) is 107 Å². The average Bonchev–Trinajstić information content (AvgIpc) is 3.27. The molecule has 2 fully saturated rings. The van der Waals surface area contributed by atoms with Gasteiger partial charge >= 0.3 is 6.03 Å². The third-order valence-corrected chi connectivity index (χ3v) is 7.35. The Bertz CT molecular complexity index is 968. The molecule has 4 amide bonds. The zero-order chi connectivity index (χ0) is 22.1. The van der Waals surface area contributed by atoms with Crippen LogP contribution in [0.5, 0.6) is 0 Å². The van der Waals surface area contributed by atoms with Crippen LogP contribution in [0.4, 0.5) is 9.93 Å². The van der Waals surface area contributed by atoms with Gasteiger partial charge in [-0.15, -0.1) is 23.1 Å². The van der Waals surface area contributed by atoms with E-state index in [1.54, 1.807) is 23.5 Å². The van der Waals surface area contributed by atoms with Crippen molar-refractivity contribution in [2.45, 2.75) is 24.6 Å². The van der Waals surface area contributed by atoms with Gasteiger partial charge in [0.05, 0.1) is 29.4 Å². The van der Waals surface area contributed by atoms with Crippen LogP contribution in [0, 0.1) is 12.8 Å². The van der Waals surface area contributed by atoms with E-state index in [-0.39, 0.29) is 35.1 Å². The molecule has 3 N–H and O–H groups in total. The second-order valence-corrected chi connectivity index (χ2v) is 9.58. The molecule has 4 unspecified atom stereocenters. The summed E-state index contributed by atoms with van der Waals surface area (Å²) < 4.78 is 0. The number of carbonyl (C=O) groups is 3. The summed E-state index contributed by atoms with van der Waals surface area (Å²) in [5.41, 5.74) is 2.14. The van der Waals surface area contributed by atoms with E-state index in [1.807, 2.05) is 31.2 Å². The number of thiazole rings is 1. The molecule has 0 radical (unpaired) electrons. The standard InChI is InChI=1S/C20H24N6O3S2/c1-11-4-6-12(7-5-11)15-23-16-14(18(28)26(3)20(29)25(16)2)17(24-15)31-10-13(27)22-19-21-8-9-30-19/h4-9,14-17,23-24H,10H2,1-3H3,(H,21,22,27). The second kappa shape index (κ2) is 8.95. The Balaban J connectivity index is 1.55. The molecule has 31 heavy (non-hydrogen) atoms. The maximum atomic E-state index is 13.0. The molecule has 164 valence electrons. The van der Waals surface area contributed by atoms with Crippen molar-refractivity contribution in [3.05, 3.63) is 47.0 Å². The van der Waals surface area contributed by atoms with Crippen LogP contribution in [-0.2, 0) is 9.59 Å². The summed E-state index contributed by atoms with van der Waals surface area (Å²) >= 11 is 2.70. The Morgan fingerprint density at radius 1 is 1.23 bits per heavy atom. The van der Waals surface area contributed by atoms with E-state index in [0.29, 0.717) is 5.13 Å². The van der Waals surface area contributed by atoms with E-state index in [1.165, 1.54) is 30.1 Å². The number of hydrogen-bond donors (Lipinski definition) is 3. The number of rotatable bonds is 5. The molecule has 1 aromatic carbocycles. The van der Waals surface area contributed by atoms with Crippen molar-refractivity contribution in [3.8, 4) is 0 Å². The van der Waals surface area contributed by atoms with Gasteiger partial charge in [-0.1, -0.05) is 29.8 Å². The predicted molar refractivity (Wildman–Crippen MR) is 120 cm³/mol. The van der Waals surface area contributed by atoms with Crippen LogP contribution in [0.3, 0.4) is 0 Å². The molecule has 4 atom stereocenters. The molecule has 3 heterocycles. The van der Waals surface area contributed by atoms with Crippen molar-refractivity contribution < 1.29 is 14.4 Å². The van der Waals surface area contributed by atoms with E-state index in [9.17, 15) is 14.4 Å². The largest absolute Gasteiger partial charge is 0.327 e. The zero-order valence-corrected chi connectivity index (χ0v) is 19.0. The van der Waals surface area contributed by atoms with Crippen molar-refractivity contribution in [3.63, 3.8) is 0 Å². The van der Waals surface area contributed by atoms with Crippen molar-refractivity contribution in [2.75, 3.05) is 25.2 Å². The zero-order valence-electron chi connectivity index (χ0n) is 17.4. The molecule has 0 aliphatic carbocycles. The molecule has 2 aliphatic rings. The summed E-state index contributed by atoms with van der Waals surface area (Å²) in [4.78, 5) is 44.7. The van der Waals surface area contributed by atoms with Gasteiger partial charge < -0.3 is 10.2 Å². The minimum atomic E-state index is -0.535. The van der Waals surface area contributed by atoms with Crippen molar-refractivity contribution in [2.24, 2.45) is 5.92 Å². The van der Waals surface area contributed by atoms with Gasteiger partial charge in [0.2, 0.25) is 11.8 Å². The van der Waals surface area contributed by atoms with Gasteiger partial charge in [0, 0.05) is 25.7 Å². The van der Waals surface area contributed by atoms with Crippen LogP contribution in [0.1, 0.15) is 17.3 Å². The van der Waals surface area contributed by atoms with Gasteiger partial charge in [0.15, 0.2) is 5.13 Å². The first-order valence-corrected chi connectivity index (χ1v) is 11.7. The molecule has 11 heteroatoms. The predicted octanol–water partition coefficient (Wildman–Crippen LogP) is 1.81. The molecule has 2 aliphatic heterocycles. The summed E-state index contributed by atoms with van der Waals surface area (Å²) in [6.07, 6.45) is 0.873. The Labute approximate surface area is 188 Å². The van der Waals surface area contributed by atoms with Gasteiger partial charge in [-0.25, -0.2) is 9.78 Å². The fourth-order valence-corrected chi connectivity index (χ4v) is 5.41. The normalized spacial score (nSPS) is 26.0. The monoisotopic (exact) mass is 460 g/mol. The lowest BCUT2D eigenvalue weighted by Gasteiger charge is -2.50. The number of fused-ring (bicyclic) bond motifs is 1. The van der Waals surface area contributed by atoms with Crippen LogP contribution >= 0.6 is 23.1 Å². The third kappa shape index (κ3) is 4.45.